The predicted octanol–water partition coefficient (Wildman–Crippen LogP) is -1.71. The van der Waals surface area contributed by atoms with Crippen LogP contribution in [-0.2, 0) is 14.4 Å². The summed E-state index contributed by atoms with van der Waals surface area (Å²) in [7, 11) is 0. The first-order valence-corrected chi connectivity index (χ1v) is 3.33. The first-order valence-electron chi connectivity index (χ1n) is 3.33. The smallest absolute Gasteiger partial charge is 0.341 e. The lowest BCUT2D eigenvalue weighted by Gasteiger charge is -2.22. The van der Waals surface area contributed by atoms with E-state index in [4.69, 9.17) is 15.9 Å². The van der Waals surface area contributed by atoms with E-state index < -0.39 is 30.6 Å². The molecule has 1 unspecified atom stereocenters. The van der Waals surface area contributed by atoms with Gasteiger partial charge in [0.1, 0.15) is 6.54 Å². The Bertz CT molecular complexity index is 239. The number of carboxylic acid groups (broad SMARTS) is 2. The molecule has 1 atom stereocenters. The summed E-state index contributed by atoms with van der Waals surface area (Å²) in [6, 6.07) is 0. The molecule has 0 saturated carbocycles. The number of rotatable bonds is 4. The molecule has 0 aliphatic rings. The lowest BCUT2D eigenvalue weighted by atomic mass is 10.4. The van der Waals surface area contributed by atoms with Gasteiger partial charge in [-0.15, -0.1) is 0 Å². The number of nitrogens with two attached hydrogens (primary N) is 1. The lowest BCUT2D eigenvalue weighted by Crippen LogP contribution is -2.51. The van der Waals surface area contributed by atoms with Crippen molar-refractivity contribution >= 4 is 17.8 Å². The van der Waals surface area contributed by atoms with E-state index in [9.17, 15) is 14.4 Å². The van der Waals surface area contributed by atoms with Crippen LogP contribution in [0.4, 0.5) is 0 Å². The van der Waals surface area contributed by atoms with Gasteiger partial charge in [-0.05, 0) is 0 Å². The van der Waals surface area contributed by atoms with Crippen LogP contribution < -0.4 is 5.73 Å². The van der Waals surface area contributed by atoms with E-state index in [-0.39, 0.29) is 0 Å². The highest BCUT2D eigenvalue weighted by atomic mass is 16.4. The summed E-state index contributed by atoms with van der Waals surface area (Å²) < 4.78 is 0. The molecule has 0 aromatic rings. The van der Waals surface area contributed by atoms with Crippen LogP contribution in [0.15, 0.2) is 0 Å². The summed E-state index contributed by atoms with van der Waals surface area (Å²) in [5.74, 6) is -3.46. The second-order valence-corrected chi connectivity index (χ2v) is 2.32. The Morgan fingerprint density at radius 1 is 1.38 bits per heavy atom. The highest BCUT2D eigenvalue weighted by Gasteiger charge is 2.25. The Morgan fingerprint density at radius 2 is 1.85 bits per heavy atom. The molecular formula is C6H10N2O5. The van der Waals surface area contributed by atoms with Crippen molar-refractivity contribution in [1.29, 1.82) is 0 Å². The van der Waals surface area contributed by atoms with Crippen LogP contribution in [0.2, 0.25) is 0 Å². The van der Waals surface area contributed by atoms with Gasteiger partial charge >= 0.3 is 11.9 Å². The summed E-state index contributed by atoms with van der Waals surface area (Å²) >= 11 is 0. The molecule has 1 amide bonds. The van der Waals surface area contributed by atoms with Crippen LogP contribution in [0.25, 0.3) is 0 Å². The minimum atomic E-state index is -1.62. The summed E-state index contributed by atoms with van der Waals surface area (Å²) in [4.78, 5) is 31.8. The lowest BCUT2D eigenvalue weighted by molar-refractivity contribution is -0.153. The molecule has 7 heteroatoms. The molecule has 13 heavy (non-hydrogen) atoms. The average Bonchev–Trinajstić information content (AvgIpc) is 1.97. The molecule has 0 fully saturated rings. The van der Waals surface area contributed by atoms with Gasteiger partial charge in [0.15, 0.2) is 6.17 Å². The number of carbonyl (C=O) groups is 3. The van der Waals surface area contributed by atoms with Crippen molar-refractivity contribution < 1.29 is 24.6 Å². The van der Waals surface area contributed by atoms with E-state index in [2.05, 4.69) is 0 Å². The monoisotopic (exact) mass is 190 g/mol. The zero-order chi connectivity index (χ0) is 10.6. The predicted molar refractivity (Wildman–Crippen MR) is 40.6 cm³/mol. The fourth-order valence-corrected chi connectivity index (χ4v) is 0.685. The zero-order valence-corrected chi connectivity index (χ0v) is 6.93. The Balaban J connectivity index is 4.51. The van der Waals surface area contributed by atoms with Crippen LogP contribution in [0.3, 0.4) is 0 Å². The number of amides is 1. The number of carboxylic acids is 2. The van der Waals surface area contributed by atoms with Gasteiger partial charge in [-0.3, -0.25) is 9.59 Å². The highest BCUT2D eigenvalue weighted by Crippen LogP contribution is 1.94. The first-order chi connectivity index (χ1) is 5.86. The molecule has 0 spiro atoms. The molecule has 0 radical (unpaired) electrons. The van der Waals surface area contributed by atoms with Crippen molar-refractivity contribution in [3.8, 4) is 0 Å². The molecule has 0 aliphatic carbocycles. The van der Waals surface area contributed by atoms with Gasteiger partial charge < -0.3 is 20.8 Å². The first kappa shape index (κ1) is 11.4. The average molecular weight is 190 g/mol. The van der Waals surface area contributed by atoms with E-state index in [1.54, 1.807) is 0 Å². The summed E-state index contributed by atoms with van der Waals surface area (Å²) in [5.41, 5.74) is 5.05. The number of aliphatic carboxylic acids is 2. The minimum Gasteiger partial charge on any atom is -0.480 e. The number of carbonyl (C=O) groups excluding carboxylic acids is 1. The third-order valence-corrected chi connectivity index (χ3v) is 1.30. The molecule has 4 N–H and O–H groups in total. The highest BCUT2D eigenvalue weighted by molar-refractivity contribution is 5.85. The molecule has 74 valence electrons. The number of hydrogen-bond donors (Lipinski definition) is 3. The van der Waals surface area contributed by atoms with Crippen molar-refractivity contribution in [2.75, 3.05) is 6.54 Å². The van der Waals surface area contributed by atoms with E-state index in [1.807, 2.05) is 0 Å². The maximum Gasteiger partial charge on any atom is 0.341 e. The van der Waals surface area contributed by atoms with E-state index >= 15 is 0 Å². The SMILES string of the molecule is CC(=O)N(CC(=O)O)C(N)C(=O)O. The Hall–Kier alpha value is -1.63. The van der Waals surface area contributed by atoms with Crippen molar-refractivity contribution in [2.24, 2.45) is 5.73 Å². The molecule has 0 aromatic carbocycles. The molecule has 7 nitrogen and oxygen atoms in total. The van der Waals surface area contributed by atoms with E-state index in [1.165, 1.54) is 0 Å². The zero-order valence-electron chi connectivity index (χ0n) is 6.93. The van der Waals surface area contributed by atoms with Gasteiger partial charge in [0.2, 0.25) is 5.91 Å². The summed E-state index contributed by atoms with van der Waals surface area (Å²) in [6.07, 6.45) is -1.62. The Kier molecular flexibility index (Phi) is 3.86. The third kappa shape index (κ3) is 3.52. The van der Waals surface area contributed by atoms with Crippen molar-refractivity contribution in [1.82, 2.24) is 4.90 Å². The van der Waals surface area contributed by atoms with Crippen LogP contribution in [-0.4, -0.2) is 45.7 Å². The molecular weight excluding hydrogens is 180 g/mol. The van der Waals surface area contributed by atoms with Gasteiger partial charge in [0.05, 0.1) is 0 Å². The van der Waals surface area contributed by atoms with Crippen LogP contribution >= 0.6 is 0 Å². The second kappa shape index (κ2) is 4.41. The van der Waals surface area contributed by atoms with Crippen LogP contribution in [0, 0.1) is 0 Å². The summed E-state index contributed by atoms with van der Waals surface area (Å²) in [5, 5.41) is 16.7. The van der Waals surface area contributed by atoms with Gasteiger partial charge in [0, 0.05) is 6.92 Å². The Labute approximate surface area is 73.7 Å². The normalized spacial score (nSPS) is 11.8. The molecule has 0 bridgehead atoms. The third-order valence-electron chi connectivity index (χ3n) is 1.30. The maximum atomic E-state index is 10.7. The van der Waals surface area contributed by atoms with Gasteiger partial charge in [0.25, 0.3) is 0 Å². The molecule has 0 saturated heterocycles. The second-order valence-electron chi connectivity index (χ2n) is 2.32. The molecule has 0 heterocycles. The molecule has 0 rings (SSSR count). The minimum absolute atomic E-state index is 0.546. The number of nitrogens with zero attached hydrogens (tertiary/aromatic N) is 1. The summed E-state index contributed by atoms with van der Waals surface area (Å²) in [6.45, 7) is 0.328. The van der Waals surface area contributed by atoms with Gasteiger partial charge in [-0.25, -0.2) is 4.79 Å². The fraction of sp³-hybridized carbons (Fsp3) is 0.500. The molecule has 0 aromatic heterocycles. The fourth-order valence-electron chi connectivity index (χ4n) is 0.685. The maximum absolute atomic E-state index is 10.7. The van der Waals surface area contributed by atoms with Gasteiger partial charge in [-0.1, -0.05) is 0 Å². The Morgan fingerprint density at radius 3 is 2.08 bits per heavy atom. The molecule has 0 aliphatic heterocycles. The van der Waals surface area contributed by atoms with E-state index in [0.717, 1.165) is 6.92 Å². The van der Waals surface area contributed by atoms with Crippen LogP contribution in [0.5, 0.6) is 0 Å². The number of hydrogen-bond acceptors (Lipinski definition) is 4. The van der Waals surface area contributed by atoms with Crippen molar-refractivity contribution in [3.63, 3.8) is 0 Å². The van der Waals surface area contributed by atoms with Crippen molar-refractivity contribution in [3.05, 3.63) is 0 Å². The standard InChI is InChI=1S/C6H10N2O5/c1-3(9)8(2-4(10)11)5(7)6(12)13/h5H,2,7H2,1H3,(H,10,11)(H,12,13). The van der Waals surface area contributed by atoms with Crippen molar-refractivity contribution in [2.45, 2.75) is 13.1 Å². The van der Waals surface area contributed by atoms with Crippen LogP contribution in [0.1, 0.15) is 6.92 Å². The largest absolute Gasteiger partial charge is 0.480 e. The van der Waals surface area contributed by atoms with E-state index in [0.29, 0.717) is 4.90 Å². The topological polar surface area (TPSA) is 121 Å². The van der Waals surface area contributed by atoms with Gasteiger partial charge in [-0.2, -0.15) is 0 Å². The quantitative estimate of drug-likeness (QED) is 0.454.